The summed E-state index contributed by atoms with van der Waals surface area (Å²) in [5.41, 5.74) is 4.73. The minimum Gasteiger partial charge on any atom is -0.372 e. The van der Waals surface area contributed by atoms with E-state index >= 15 is 0 Å². The molecule has 0 unspecified atom stereocenters. The van der Waals surface area contributed by atoms with Crippen LogP contribution in [-0.4, -0.2) is 18.1 Å². The zero-order valence-electron chi connectivity index (χ0n) is 13.8. The summed E-state index contributed by atoms with van der Waals surface area (Å²) >= 11 is 5.49. The van der Waals surface area contributed by atoms with E-state index in [0.717, 1.165) is 29.5 Å². The molecule has 0 N–H and O–H groups in total. The fourth-order valence-electron chi connectivity index (χ4n) is 2.71. The first kappa shape index (κ1) is 16.5. The Bertz CT molecular complexity index is 630. The van der Waals surface area contributed by atoms with Crippen LogP contribution in [0.2, 0.25) is 0 Å². The summed E-state index contributed by atoms with van der Waals surface area (Å²) in [6.07, 6.45) is 0. The molecule has 2 nitrogen and oxygen atoms in total. The smallest absolute Gasteiger partial charge is 0.0838 e. The molecule has 0 amide bonds. The Hall–Kier alpha value is -1.87. The van der Waals surface area contributed by atoms with Crippen LogP contribution >= 0.6 is 12.2 Å². The fourth-order valence-corrected chi connectivity index (χ4v) is 2.91. The highest BCUT2D eigenvalue weighted by Gasteiger charge is 2.13. The number of para-hydroxylation sites is 1. The first-order chi connectivity index (χ1) is 10.6. The number of benzene rings is 2. The van der Waals surface area contributed by atoms with Gasteiger partial charge in [-0.3, -0.25) is 0 Å². The highest BCUT2D eigenvalue weighted by atomic mass is 32.1. The average Bonchev–Trinajstić information content (AvgIpc) is 2.52. The average molecular weight is 312 g/mol. The van der Waals surface area contributed by atoms with Gasteiger partial charge in [0.2, 0.25) is 0 Å². The molecule has 2 rings (SSSR count). The molecule has 0 saturated heterocycles. The summed E-state index contributed by atoms with van der Waals surface area (Å²) < 4.78 is 0. The van der Waals surface area contributed by atoms with Crippen molar-refractivity contribution in [1.29, 1.82) is 0 Å². The number of nitrogens with zero attached hydrogens (tertiary/aromatic N) is 2. The van der Waals surface area contributed by atoms with Gasteiger partial charge in [0.15, 0.2) is 0 Å². The molecule has 0 saturated carbocycles. The topological polar surface area (TPSA) is 6.48 Å². The van der Waals surface area contributed by atoms with Crippen LogP contribution in [0.4, 0.5) is 17.1 Å². The maximum atomic E-state index is 5.49. The lowest BCUT2D eigenvalue weighted by Gasteiger charge is -2.27. The minimum absolute atomic E-state index is 0.852. The van der Waals surface area contributed by atoms with E-state index in [2.05, 4.69) is 79.1 Å². The third-order valence-corrected chi connectivity index (χ3v) is 4.09. The second-order valence-corrected chi connectivity index (χ2v) is 5.92. The Balaban J connectivity index is 2.38. The number of anilines is 3. The highest BCUT2D eigenvalue weighted by Crippen LogP contribution is 2.30. The summed E-state index contributed by atoms with van der Waals surface area (Å²) in [6, 6.07) is 17.0. The molecule has 0 aromatic heterocycles. The number of hydrogen-bond acceptors (Lipinski definition) is 2. The van der Waals surface area contributed by atoms with Crippen LogP contribution in [0.5, 0.6) is 0 Å². The van der Waals surface area contributed by atoms with Crippen LogP contribution in [0.15, 0.2) is 48.5 Å². The molecule has 2 aromatic rings. The maximum absolute atomic E-state index is 5.49. The molecule has 0 heterocycles. The molecule has 0 atom stereocenters. The van der Waals surface area contributed by atoms with E-state index in [-0.39, 0.29) is 0 Å². The van der Waals surface area contributed by atoms with Crippen LogP contribution in [0.25, 0.3) is 0 Å². The van der Waals surface area contributed by atoms with E-state index in [0.29, 0.717) is 0 Å². The van der Waals surface area contributed by atoms with Gasteiger partial charge in [0, 0.05) is 30.2 Å². The van der Waals surface area contributed by atoms with Crippen molar-refractivity contribution in [2.45, 2.75) is 27.7 Å². The minimum atomic E-state index is 0.852. The molecule has 0 aliphatic rings. The lowest BCUT2D eigenvalue weighted by Crippen LogP contribution is -2.23. The van der Waals surface area contributed by atoms with Gasteiger partial charge >= 0.3 is 0 Å². The zero-order chi connectivity index (χ0) is 16.1. The van der Waals surface area contributed by atoms with Gasteiger partial charge in [-0.2, -0.15) is 0 Å². The van der Waals surface area contributed by atoms with Gasteiger partial charge in [0.25, 0.3) is 0 Å². The first-order valence-corrected chi connectivity index (χ1v) is 8.20. The summed E-state index contributed by atoms with van der Waals surface area (Å²) in [7, 11) is 0. The summed E-state index contributed by atoms with van der Waals surface area (Å²) in [5, 5.41) is 0. The van der Waals surface area contributed by atoms with E-state index in [1.807, 2.05) is 6.92 Å². The van der Waals surface area contributed by atoms with Crippen molar-refractivity contribution in [2.24, 2.45) is 0 Å². The molecule has 2 aromatic carbocycles. The van der Waals surface area contributed by atoms with E-state index in [9.17, 15) is 0 Å². The standard InChI is InChI=1S/C19H24N2S/c1-5-20(6-2)17-11-13-18(14-12-17)21(16(4)22)19-10-8-7-9-15(19)3/h7-14H,5-6H2,1-4H3. The van der Waals surface area contributed by atoms with Gasteiger partial charge in [0.1, 0.15) is 0 Å². The van der Waals surface area contributed by atoms with Crippen molar-refractivity contribution in [3.05, 3.63) is 54.1 Å². The maximum Gasteiger partial charge on any atom is 0.0838 e. The lowest BCUT2D eigenvalue weighted by atomic mass is 10.1. The van der Waals surface area contributed by atoms with E-state index in [1.165, 1.54) is 11.3 Å². The van der Waals surface area contributed by atoms with Crippen LogP contribution in [0.3, 0.4) is 0 Å². The first-order valence-electron chi connectivity index (χ1n) is 7.79. The Labute approximate surface area is 139 Å². The monoisotopic (exact) mass is 312 g/mol. The van der Waals surface area contributed by atoms with Crippen LogP contribution in [0.1, 0.15) is 26.3 Å². The van der Waals surface area contributed by atoms with Crippen molar-refractivity contribution >= 4 is 34.3 Å². The second kappa shape index (κ2) is 7.41. The normalized spacial score (nSPS) is 10.4. The third kappa shape index (κ3) is 3.47. The van der Waals surface area contributed by atoms with E-state index in [4.69, 9.17) is 12.2 Å². The Kier molecular flexibility index (Phi) is 5.56. The third-order valence-electron chi connectivity index (χ3n) is 3.91. The van der Waals surface area contributed by atoms with Gasteiger partial charge in [0.05, 0.1) is 4.99 Å². The van der Waals surface area contributed by atoms with Crippen LogP contribution in [-0.2, 0) is 0 Å². The number of hydrogen-bond donors (Lipinski definition) is 0. The predicted molar refractivity (Wildman–Crippen MR) is 102 cm³/mol. The predicted octanol–water partition coefficient (Wildman–Crippen LogP) is 5.33. The summed E-state index contributed by atoms with van der Waals surface area (Å²) in [5.74, 6) is 0. The second-order valence-electron chi connectivity index (χ2n) is 5.33. The Morgan fingerprint density at radius 1 is 0.909 bits per heavy atom. The van der Waals surface area contributed by atoms with Gasteiger partial charge < -0.3 is 9.80 Å². The molecule has 0 aliphatic carbocycles. The molecule has 0 bridgehead atoms. The largest absolute Gasteiger partial charge is 0.372 e. The Morgan fingerprint density at radius 3 is 1.95 bits per heavy atom. The van der Waals surface area contributed by atoms with Crippen molar-refractivity contribution < 1.29 is 0 Å². The molecular weight excluding hydrogens is 288 g/mol. The van der Waals surface area contributed by atoms with Gasteiger partial charge in [-0.05, 0) is 63.6 Å². The van der Waals surface area contributed by atoms with Crippen molar-refractivity contribution in [3.63, 3.8) is 0 Å². The molecule has 22 heavy (non-hydrogen) atoms. The molecule has 3 heteroatoms. The molecule has 0 fully saturated rings. The van der Waals surface area contributed by atoms with Crippen LogP contribution < -0.4 is 9.80 Å². The van der Waals surface area contributed by atoms with Crippen LogP contribution in [0, 0.1) is 6.92 Å². The fraction of sp³-hybridized carbons (Fsp3) is 0.316. The quantitative estimate of drug-likeness (QED) is 0.689. The van der Waals surface area contributed by atoms with E-state index < -0.39 is 0 Å². The highest BCUT2D eigenvalue weighted by molar-refractivity contribution is 7.80. The number of thiocarbonyl (C=S) groups is 1. The van der Waals surface area contributed by atoms with Gasteiger partial charge in [-0.25, -0.2) is 0 Å². The molecule has 0 aliphatic heterocycles. The molecular formula is C19H24N2S. The summed E-state index contributed by atoms with van der Waals surface area (Å²) in [6.45, 7) is 10.5. The lowest BCUT2D eigenvalue weighted by molar-refractivity contribution is 0.866. The molecule has 0 radical (unpaired) electrons. The van der Waals surface area contributed by atoms with E-state index in [1.54, 1.807) is 0 Å². The molecule has 116 valence electrons. The van der Waals surface area contributed by atoms with Gasteiger partial charge in [-0.1, -0.05) is 30.4 Å². The van der Waals surface area contributed by atoms with Gasteiger partial charge in [-0.15, -0.1) is 0 Å². The Morgan fingerprint density at radius 2 is 1.45 bits per heavy atom. The number of aryl methyl sites for hydroxylation is 1. The summed E-state index contributed by atoms with van der Waals surface area (Å²) in [4.78, 5) is 5.33. The van der Waals surface area contributed by atoms with Crippen molar-refractivity contribution in [2.75, 3.05) is 22.9 Å². The number of rotatable bonds is 5. The zero-order valence-corrected chi connectivity index (χ0v) is 14.7. The van der Waals surface area contributed by atoms with Crippen molar-refractivity contribution in [3.8, 4) is 0 Å². The van der Waals surface area contributed by atoms with Crippen molar-refractivity contribution in [1.82, 2.24) is 0 Å². The SMILES string of the molecule is CCN(CC)c1ccc(N(C(C)=S)c2ccccc2C)cc1. The molecule has 0 spiro atoms.